The molecule has 1 heterocycles. The van der Waals surface area contributed by atoms with Crippen LogP contribution in [0.1, 0.15) is 56.7 Å². The van der Waals surface area contributed by atoms with Crippen LogP contribution in [0, 0.1) is 0 Å². The van der Waals surface area contributed by atoms with E-state index in [0.29, 0.717) is 17.5 Å². The van der Waals surface area contributed by atoms with Gasteiger partial charge in [0.1, 0.15) is 0 Å². The first-order chi connectivity index (χ1) is 9.62. The lowest BCUT2D eigenvalue weighted by atomic mass is 9.70. The predicted molar refractivity (Wildman–Crippen MR) is 85.1 cm³/mol. The van der Waals surface area contributed by atoms with Gasteiger partial charge in [-0.3, -0.25) is 4.90 Å². The molecule has 0 saturated carbocycles. The first-order valence-corrected chi connectivity index (χ1v) is 8.12. The normalized spacial score (nSPS) is 29.9. The van der Waals surface area contributed by atoms with Gasteiger partial charge in [-0.1, -0.05) is 38.1 Å². The molecule has 2 heteroatoms. The zero-order valence-electron chi connectivity index (χ0n) is 13.2. The Morgan fingerprint density at radius 2 is 2.00 bits per heavy atom. The van der Waals surface area contributed by atoms with E-state index >= 15 is 0 Å². The molecule has 1 fully saturated rings. The Bertz CT molecular complexity index is 466. The maximum atomic E-state index is 3.47. The maximum Gasteiger partial charge on any atom is 0.0352 e. The van der Waals surface area contributed by atoms with E-state index in [1.165, 1.54) is 38.8 Å². The van der Waals surface area contributed by atoms with Crippen molar-refractivity contribution in [1.82, 2.24) is 10.2 Å². The van der Waals surface area contributed by atoms with Gasteiger partial charge < -0.3 is 5.32 Å². The van der Waals surface area contributed by atoms with E-state index in [0.717, 1.165) is 0 Å². The fourth-order valence-electron chi connectivity index (χ4n) is 4.10. The highest BCUT2D eigenvalue weighted by atomic mass is 15.2. The number of likely N-dealkylation sites (N-methyl/N-ethyl adjacent to an activating group) is 1. The predicted octanol–water partition coefficient (Wildman–Crippen LogP) is 3.48. The van der Waals surface area contributed by atoms with E-state index in [1.807, 2.05) is 0 Å². The van der Waals surface area contributed by atoms with Crippen molar-refractivity contribution < 1.29 is 0 Å². The number of piperidine rings is 1. The lowest BCUT2D eigenvalue weighted by molar-refractivity contribution is 0.118. The van der Waals surface area contributed by atoms with E-state index in [9.17, 15) is 0 Å². The van der Waals surface area contributed by atoms with E-state index < -0.39 is 0 Å². The number of nitrogens with one attached hydrogen (secondary N) is 1. The highest BCUT2D eigenvalue weighted by Gasteiger charge is 2.36. The van der Waals surface area contributed by atoms with E-state index in [4.69, 9.17) is 0 Å². The molecule has 1 aromatic rings. The lowest BCUT2D eigenvalue weighted by Crippen LogP contribution is -2.47. The zero-order chi connectivity index (χ0) is 14.2. The molecule has 0 amide bonds. The summed E-state index contributed by atoms with van der Waals surface area (Å²) in [6.07, 6.45) is 5.26. The number of hydrogen-bond donors (Lipinski definition) is 1. The van der Waals surface area contributed by atoms with E-state index in [2.05, 4.69) is 55.4 Å². The van der Waals surface area contributed by atoms with Crippen molar-refractivity contribution in [3.05, 3.63) is 35.4 Å². The molecular weight excluding hydrogens is 244 g/mol. The molecule has 1 aromatic carbocycles. The Morgan fingerprint density at radius 1 is 1.20 bits per heavy atom. The average molecular weight is 272 g/mol. The summed E-state index contributed by atoms with van der Waals surface area (Å²) in [5, 5.41) is 3.47. The van der Waals surface area contributed by atoms with Gasteiger partial charge >= 0.3 is 0 Å². The Kier molecular flexibility index (Phi) is 3.87. The third kappa shape index (κ3) is 2.51. The quantitative estimate of drug-likeness (QED) is 0.886. The highest BCUT2D eigenvalue weighted by molar-refractivity contribution is 5.38. The molecular formula is C18H28N2. The number of nitrogens with zero attached hydrogens (tertiary/aromatic N) is 1. The highest BCUT2D eigenvalue weighted by Crippen LogP contribution is 2.44. The molecule has 0 radical (unpaired) electrons. The Morgan fingerprint density at radius 3 is 2.80 bits per heavy atom. The van der Waals surface area contributed by atoms with Gasteiger partial charge in [0, 0.05) is 18.6 Å². The molecule has 3 rings (SSSR count). The van der Waals surface area contributed by atoms with Crippen molar-refractivity contribution in [2.75, 3.05) is 20.1 Å². The summed E-state index contributed by atoms with van der Waals surface area (Å²) in [5.41, 5.74) is 3.49. The molecule has 1 saturated heterocycles. The first kappa shape index (κ1) is 14.1. The molecule has 20 heavy (non-hydrogen) atoms. The molecule has 1 aliphatic carbocycles. The molecule has 2 aliphatic rings. The summed E-state index contributed by atoms with van der Waals surface area (Å²) in [5.74, 6) is 0. The van der Waals surface area contributed by atoms with Gasteiger partial charge in [-0.2, -0.15) is 0 Å². The van der Waals surface area contributed by atoms with Crippen LogP contribution in [-0.2, 0) is 5.41 Å². The van der Waals surface area contributed by atoms with Crippen LogP contribution in [-0.4, -0.2) is 31.1 Å². The molecule has 110 valence electrons. The maximum absolute atomic E-state index is 3.47. The topological polar surface area (TPSA) is 15.3 Å². The molecule has 2 atom stereocenters. The second kappa shape index (κ2) is 5.50. The molecule has 2 unspecified atom stereocenters. The zero-order valence-corrected chi connectivity index (χ0v) is 13.2. The van der Waals surface area contributed by atoms with E-state index in [1.54, 1.807) is 11.1 Å². The third-order valence-corrected chi connectivity index (χ3v) is 5.39. The van der Waals surface area contributed by atoms with Crippen molar-refractivity contribution >= 4 is 0 Å². The van der Waals surface area contributed by atoms with Crippen LogP contribution in [0.4, 0.5) is 0 Å². The average Bonchev–Trinajstić information content (AvgIpc) is 2.47. The summed E-state index contributed by atoms with van der Waals surface area (Å²) in [7, 11) is 2.10. The number of hydrogen-bond acceptors (Lipinski definition) is 2. The summed E-state index contributed by atoms with van der Waals surface area (Å²) in [4.78, 5) is 2.72. The summed E-state index contributed by atoms with van der Waals surface area (Å²) in [6.45, 7) is 7.26. The Labute approximate surface area is 123 Å². The van der Waals surface area contributed by atoms with Crippen LogP contribution in [0.3, 0.4) is 0 Å². The number of benzene rings is 1. The van der Waals surface area contributed by atoms with Crippen LogP contribution < -0.4 is 5.32 Å². The van der Waals surface area contributed by atoms with Crippen LogP contribution in [0.5, 0.6) is 0 Å². The molecule has 1 aliphatic heterocycles. The van der Waals surface area contributed by atoms with Crippen molar-refractivity contribution in [3.63, 3.8) is 0 Å². The van der Waals surface area contributed by atoms with E-state index in [-0.39, 0.29) is 0 Å². The monoisotopic (exact) mass is 272 g/mol. The Balaban J connectivity index is 1.88. The summed E-state index contributed by atoms with van der Waals surface area (Å²) < 4.78 is 0. The van der Waals surface area contributed by atoms with Crippen LogP contribution in [0.15, 0.2) is 24.3 Å². The SMILES string of the molecule is CNC1CCCN(C2CCC(C)(C)c3ccccc32)C1. The second-order valence-corrected chi connectivity index (χ2v) is 7.15. The molecule has 0 spiro atoms. The fourth-order valence-corrected chi connectivity index (χ4v) is 4.10. The van der Waals surface area contributed by atoms with Gasteiger partial charge in [0.05, 0.1) is 0 Å². The smallest absolute Gasteiger partial charge is 0.0352 e. The minimum atomic E-state index is 0.339. The largest absolute Gasteiger partial charge is 0.316 e. The minimum Gasteiger partial charge on any atom is -0.316 e. The number of rotatable bonds is 2. The third-order valence-electron chi connectivity index (χ3n) is 5.39. The lowest BCUT2D eigenvalue weighted by Gasteiger charge is -2.44. The van der Waals surface area contributed by atoms with Crippen LogP contribution >= 0.6 is 0 Å². The van der Waals surface area contributed by atoms with Crippen LogP contribution in [0.25, 0.3) is 0 Å². The van der Waals surface area contributed by atoms with Crippen molar-refractivity contribution in [2.45, 2.75) is 57.0 Å². The summed E-state index contributed by atoms with van der Waals surface area (Å²) >= 11 is 0. The number of fused-ring (bicyclic) bond motifs is 1. The minimum absolute atomic E-state index is 0.339. The van der Waals surface area contributed by atoms with Gasteiger partial charge in [0.25, 0.3) is 0 Å². The first-order valence-electron chi connectivity index (χ1n) is 8.12. The Hall–Kier alpha value is -0.860. The van der Waals surface area contributed by atoms with Crippen molar-refractivity contribution in [2.24, 2.45) is 0 Å². The van der Waals surface area contributed by atoms with Gasteiger partial charge in [0.15, 0.2) is 0 Å². The van der Waals surface area contributed by atoms with Gasteiger partial charge in [-0.25, -0.2) is 0 Å². The van der Waals surface area contributed by atoms with Crippen LogP contribution in [0.2, 0.25) is 0 Å². The van der Waals surface area contributed by atoms with Crippen molar-refractivity contribution in [1.29, 1.82) is 0 Å². The standard InChI is InChI=1S/C18H28N2/c1-18(2)11-10-17(15-8-4-5-9-16(15)18)20-12-6-7-14(13-20)19-3/h4-5,8-9,14,17,19H,6-7,10-13H2,1-3H3. The molecule has 2 nitrogen and oxygen atoms in total. The molecule has 0 bridgehead atoms. The number of likely N-dealkylation sites (tertiary alicyclic amines) is 1. The van der Waals surface area contributed by atoms with Crippen molar-refractivity contribution in [3.8, 4) is 0 Å². The van der Waals surface area contributed by atoms with Gasteiger partial charge in [-0.15, -0.1) is 0 Å². The summed E-state index contributed by atoms with van der Waals surface area (Å²) in [6, 6.07) is 10.4. The van der Waals surface area contributed by atoms with Gasteiger partial charge in [0.2, 0.25) is 0 Å². The molecule has 0 aromatic heterocycles. The van der Waals surface area contributed by atoms with Gasteiger partial charge in [-0.05, 0) is 55.8 Å². The molecule has 1 N–H and O–H groups in total. The fraction of sp³-hybridized carbons (Fsp3) is 0.667. The second-order valence-electron chi connectivity index (χ2n) is 7.15.